The smallest absolute Gasteiger partial charge is 0.333 e. The molecule has 2 unspecified atom stereocenters. The number of nitrogens with one attached hydrogen (secondary N) is 1. The van der Waals surface area contributed by atoms with Crippen LogP contribution in [0.5, 0.6) is 0 Å². The minimum Gasteiger partial charge on any atom is -0.361 e. The van der Waals surface area contributed by atoms with Crippen molar-refractivity contribution in [2.24, 2.45) is 5.92 Å². The van der Waals surface area contributed by atoms with E-state index in [0.29, 0.717) is 30.9 Å². The molecule has 7 aromatic rings. The van der Waals surface area contributed by atoms with Crippen molar-refractivity contribution in [1.29, 1.82) is 0 Å². The van der Waals surface area contributed by atoms with Crippen molar-refractivity contribution in [2.75, 3.05) is 30.0 Å². The summed E-state index contributed by atoms with van der Waals surface area (Å²) in [6.07, 6.45) is 9.69. The summed E-state index contributed by atoms with van der Waals surface area (Å²) in [5.41, 5.74) is 6.35. The first kappa shape index (κ1) is 52.3. The number of ketones is 1. The first-order chi connectivity index (χ1) is 33.4. The number of aromatic nitrogens is 4. The van der Waals surface area contributed by atoms with Gasteiger partial charge in [-0.05, 0) is 73.5 Å². The van der Waals surface area contributed by atoms with Crippen molar-refractivity contribution in [2.45, 2.75) is 57.4 Å². The summed E-state index contributed by atoms with van der Waals surface area (Å²) in [4.78, 5) is 86.3. The number of nitrogens with zero attached hydrogens (tertiary/aromatic N) is 6. The van der Waals surface area contributed by atoms with Crippen LogP contribution in [0.1, 0.15) is 51.4 Å². The number of carbonyl (C=O) groups excluding carboxylic acids is 5. The number of hydrogen-bond donors (Lipinski definition) is 1. The number of imide groups is 1. The van der Waals surface area contributed by atoms with Gasteiger partial charge in [-0.2, -0.15) is 0 Å². The van der Waals surface area contributed by atoms with Crippen LogP contribution in [0.25, 0.3) is 44.3 Å². The molecule has 2 saturated heterocycles. The van der Waals surface area contributed by atoms with Crippen LogP contribution in [0.15, 0.2) is 140 Å². The molecule has 70 heavy (non-hydrogen) atoms. The first-order valence-electron chi connectivity index (χ1n) is 22.6. The molecule has 2 atom stereocenters. The van der Waals surface area contributed by atoms with Gasteiger partial charge in [0.2, 0.25) is 5.91 Å². The number of carbonyl (C=O) groups is 5. The Morgan fingerprint density at radius 3 is 1.94 bits per heavy atom. The summed E-state index contributed by atoms with van der Waals surface area (Å²) in [6.45, 7) is 0.763. The number of pyridine rings is 4. The molecule has 2 aliphatic rings. The third kappa shape index (κ3) is 14.5. The molecule has 3 amide bonds. The molecule has 0 spiro atoms. The van der Waals surface area contributed by atoms with Gasteiger partial charge in [-0.1, -0.05) is 30.3 Å². The quantitative estimate of drug-likeness (QED) is 0.0463. The summed E-state index contributed by atoms with van der Waals surface area (Å²) >= 11 is 0. The molecule has 9 rings (SSSR count). The van der Waals surface area contributed by atoms with Crippen LogP contribution in [0.3, 0.4) is 0 Å². The molecule has 2 aliphatic heterocycles. The van der Waals surface area contributed by atoms with E-state index in [9.17, 15) is 32.4 Å². The van der Waals surface area contributed by atoms with E-state index in [2.05, 4.69) is 37.4 Å². The zero-order valence-electron chi connectivity index (χ0n) is 38.4. The topological polar surface area (TPSA) is 199 Å². The van der Waals surface area contributed by atoms with Crippen molar-refractivity contribution in [3.8, 4) is 22.5 Å². The maximum absolute atomic E-state index is 13.7. The summed E-state index contributed by atoms with van der Waals surface area (Å²) in [6, 6.07) is 42.7. The number of amides is 3. The molecule has 0 aliphatic carbocycles. The van der Waals surface area contributed by atoms with E-state index in [0.717, 1.165) is 62.7 Å². The van der Waals surface area contributed by atoms with Crippen LogP contribution >= 0.6 is 0 Å². The first-order valence-corrected chi connectivity index (χ1v) is 24.7. The molecule has 0 saturated carbocycles. The van der Waals surface area contributed by atoms with Gasteiger partial charge in [0.05, 0.1) is 28.7 Å². The molecule has 3 aromatic carbocycles. The van der Waals surface area contributed by atoms with Crippen LogP contribution in [0.4, 0.5) is 5.69 Å². The Morgan fingerprint density at radius 1 is 0.757 bits per heavy atom. The molecular weight excluding hydrogens is 1090 g/mol. The second kappa shape index (κ2) is 25.5. The largest absolute Gasteiger partial charge is 0.361 e. The van der Waals surface area contributed by atoms with Gasteiger partial charge < -0.3 is 25.0 Å². The third-order valence-electron chi connectivity index (χ3n) is 11.3. The summed E-state index contributed by atoms with van der Waals surface area (Å²) in [5.74, 6) is -4.19. The Kier molecular flexibility index (Phi) is 19.1. The fourth-order valence-corrected chi connectivity index (χ4v) is 9.06. The predicted molar refractivity (Wildman–Crippen MR) is 261 cm³/mol. The fourth-order valence-electron chi connectivity index (χ4n) is 8.06. The van der Waals surface area contributed by atoms with E-state index in [4.69, 9.17) is 4.84 Å². The number of sulfone groups is 1. The van der Waals surface area contributed by atoms with Gasteiger partial charge in [0, 0.05) is 106 Å². The van der Waals surface area contributed by atoms with Gasteiger partial charge in [0.25, 0.3) is 11.8 Å². The molecule has 1 N–H and O–H groups in total. The van der Waals surface area contributed by atoms with Gasteiger partial charge in [0.15, 0.2) is 5.78 Å². The number of Topliss-reactive ketones (excluding diaryl/α,β-unsaturated/α-hetero) is 1. The Balaban J connectivity index is 0.000000258. The number of unbranched alkanes of at least 4 members (excludes halogenated alkanes) is 1. The van der Waals surface area contributed by atoms with Crippen molar-refractivity contribution in [3.63, 3.8) is 0 Å². The van der Waals surface area contributed by atoms with E-state index >= 15 is 0 Å². The van der Waals surface area contributed by atoms with Gasteiger partial charge in [-0.15, -0.1) is 76.9 Å². The Morgan fingerprint density at radius 2 is 1.36 bits per heavy atom. The zero-order chi connectivity index (χ0) is 48.6. The number of anilines is 1. The van der Waals surface area contributed by atoms with E-state index in [-0.39, 0.29) is 58.1 Å². The predicted octanol–water partition coefficient (Wildman–Crippen LogP) is 7.36. The summed E-state index contributed by atoms with van der Waals surface area (Å²) < 4.78 is 24.5. The second-order valence-corrected chi connectivity index (χ2v) is 18.6. The van der Waals surface area contributed by atoms with Crippen molar-refractivity contribution in [3.05, 3.63) is 152 Å². The summed E-state index contributed by atoms with van der Waals surface area (Å²) in [5, 5.41) is 4.92. The number of fused-ring (bicyclic) bond motifs is 3. The van der Waals surface area contributed by atoms with E-state index in [1.54, 1.807) is 24.8 Å². The zero-order valence-corrected chi connectivity index (χ0v) is 41.6. The fraction of sp³-hybridized carbons (Fsp3) is 0.264. The van der Waals surface area contributed by atoms with Crippen LogP contribution in [0, 0.1) is 18.1 Å². The molecule has 363 valence electrons. The van der Waals surface area contributed by atoms with Gasteiger partial charge in [-0.3, -0.25) is 29.1 Å². The standard InChI is InChI=1S/C31H35N5O8S.2C11H8N.Ir/c1-45(42,43)19-21(31(41)34-13-3-2-10-28(40)44-36-26(38)11-12-27(36)39)18-25(37)23-9-6-16-35(23)24-17-20-7-4-14-32-29(20)30-22(24)8-5-15-33-30;2*1-2-6-10(7-3-1)11-8-4-5-9-12-11;/h4-5,7-8,14-15,17,21,23H,2-3,6,9-13,16,18-19H2,1H3,(H,34,41);2*1-6,8-9H;/q;2*-1;. The van der Waals surface area contributed by atoms with Gasteiger partial charge >= 0.3 is 5.97 Å². The average Bonchev–Trinajstić information content (AvgIpc) is 4.00. The molecule has 17 heteroatoms. The van der Waals surface area contributed by atoms with Crippen molar-refractivity contribution >= 4 is 66.8 Å². The molecular formula is C53H51IrN7O8S-2. The van der Waals surface area contributed by atoms with Crippen LogP contribution in [-0.4, -0.2) is 94.0 Å². The van der Waals surface area contributed by atoms with Crippen LogP contribution < -0.4 is 10.2 Å². The molecule has 6 heterocycles. The van der Waals surface area contributed by atoms with Crippen LogP contribution in [0.2, 0.25) is 0 Å². The van der Waals surface area contributed by atoms with Gasteiger partial charge in [-0.25, -0.2) is 13.2 Å². The Hall–Kier alpha value is -7.07. The summed E-state index contributed by atoms with van der Waals surface area (Å²) in [7, 11) is -3.59. The van der Waals surface area contributed by atoms with Crippen LogP contribution in [-0.2, 0) is 58.8 Å². The van der Waals surface area contributed by atoms with Crippen molar-refractivity contribution in [1.82, 2.24) is 30.3 Å². The SMILES string of the molecule is CS(=O)(=O)CC(CC(=O)C1CCCN1c1cc2cccnc2c2ncccc12)C(=O)NCCCCC(=O)ON1C(=O)CCC1=O.[Ir].[c-]1ccccc1-c1ccccn1.[c-]1ccccc1-c1ccccn1. The Bertz CT molecular complexity index is 2830. The van der Waals surface area contributed by atoms with Gasteiger partial charge in [0.1, 0.15) is 9.84 Å². The number of hydrogen-bond acceptors (Lipinski definition) is 13. The van der Waals surface area contributed by atoms with E-state index in [1.807, 2.05) is 120 Å². The number of rotatable bonds is 15. The Labute approximate surface area is 420 Å². The minimum absolute atomic E-state index is 0. The number of hydroxylamine groups is 2. The normalized spacial score (nSPS) is 14.7. The molecule has 0 bridgehead atoms. The average molecular weight is 1140 g/mol. The van der Waals surface area contributed by atoms with Crippen molar-refractivity contribution < 1.29 is 57.3 Å². The molecule has 4 aromatic heterocycles. The van der Waals surface area contributed by atoms with E-state index < -0.39 is 51.2 Å². The second-order valence-electron chi connectivity index (χ2n) is 16.5. The number of benzene rings is 3. The maximum atomic E-state index is 13.7. The molecule has 1 radical (unpaired) electrons. The maximum Gasteiger partial charge on any atom is 0.333 e. The molecule has 2 fully saturated rings. The van der Waals surface area contributed by atoms with E-state index in [1.165, 1.54) is 0 Å². The molecule has 15 nitrogen and oxygen atoms in total. The monoisotopic (exact) mass is 1140 g/mol. The minimum atomic E-state index is -3.59. The third-order valence-corrected chi connectivity index (χ3v) is 12.3.